The first-order valence-corrected chi connectivity index (χ1v) is 7.81. The first-order chi connectivity index (χ1) is 9.64. The van der Waals surface area contributed by atoms with E-state index in [0.29, 0.717) is 6.10 Å². The number of hydrogen-bond acceptors (Lipinski definition) is 4. The molecule has 0 bridgehead atoms. The van der Waals surface area contributed by atoms with Gasteiger partial charge in [0.05, 0.1) is 24.3 Å². The Morgan fingerprint density at radius 2 is 2.35 bits per heavy atom. The second kappa shape index (κ2) is 5.79. The van der Waals surface area contributed by atoms with Crippen molar-refractivity contribution in [1.82, 2.24) is 19.9 Å². The van der Waals surface area contributed by atoms with E-state index in [1.54, 1.807) is 6.20 Å². The number of aromatic nitrogens is 3. The van der Waals surface area contributed by atoms with Crippen LogP contribution in [-0.2, 0) is 11.3 Å². The Kier molecular flexibility index (Phi) is 4.05. The van der Waals surface area contributed by atoms with Gasteiger partial charge in [-0.2, -0.15) is 0 Å². The molecule has 2 aromatic rings. The van der Waals surface area contributed by atoms with E-state index in [0.717, 1.165) is 47.5 Å². The van der Waals surface area contributed by atoms with Gasteiger partial charge in [-0.15, -0.1) is 0 Å². The van der Waals surface area contributed by atoms with E-state index in [1.165, 1.54) is 0 Å². The van der Waals surface area contributed by atoms with E-state index < -0.39 is 0 Å². The first kappa shape index (κ1) is 14.0. The maximum atomic E-state index is 5.89. The second-order valence-corrected chi connectivity index (χ2v) is 6.29. The third-order valence-electron chi connectivity index (χ3n) is 3.58. The van der Waals surface area contributed by atoms with Crippen LogP contribution in [-0.4, -0.2) is 45.1 Å². The lowest BCUT2D eigenvalue weighted by molar-refractivity contribution is -0.0805. The lowest BCUT2D eigenvalue weighted by Gasteiger charge is -2.35. The summed E-state index contributed by atoms with van der Waals surface area (Å²) in [5.41, 5.74) is 1.75. The molecular formula is C14H19BrN4O. The summed E-state index contributed by atoms with van der Waals surface area (Å²) < 4.78 is 6.85. The molecule has 0 unspecified atom stereocenters. The van der Waals surface area contributed by atoms with Gasteiger partial charge in [0, 0.05) is 23.8 Å². The average molecular weight is 339 g/mol. The Labute approximate surface area is 126 Å². The van der Waals surface area contributed by atoms with Gasteiger partial charge in [-0.3, -0.25) is 4.90 Å². The molecule has 2 aromatic heterocycles. The van der Waals surface area contributed by atoms with Crippen LogP contribution in [0.4, 0.5) is 0 Å². The molecule has 0 radical (unpaired) electrons. The summed E-state index contributed by atoms with van der Waals surface area (Å²) in [6, 6.07) is 2.01. The molecule has 0 spiro atoms. The summed E-state index contributed by atoms with van der Waals surface area (Å²) in [6.07, 6.45) is 3.44. The van der Waals surface area contributed by atoms with Crippen LogP contribution in [0.2, 0.25) is 0 Å². The minimum absolute atomic E-state index is 0.283. The molecule has 6 heteroatoms. The zero-order valence-electron chi connectivity index (χ0n) is 11.8. The lowest BCUT2D eigenvalue weighted by atomic mass is 10.2. The summed E-state index contributed by atoms with van der Waals surface area (Å²) in [4.78, 5) is 14.6. The molecule has 1 fully saturated rings. The number of nitrogens with zero attached hydrogens (tertiary/aromatic N) is 3. The van der Waals surface area contributed by atoms with Crippen LogP contribution in [0.3, 0.4) is 0 Å². The van der Waals surface area contributed by atoms with Gasteiger partial charge in [-0.25, -0.2) is 9.97 Å². The van der Waals surface area contributed by atoms with Gasteiger partial charge in [0.15, 0.2) is 5.65 Å². The minimum atomic E-state index is 0.283. The molecule has 1 aliphatic rings. The Bertz CT molecular complexity index is 600. The zero-order valence-corrected chi connectivity index (χ0v) is 13.4. The van der Waals surface area contributed by atoms with Crippen molar-refractivity contribution in [3.05, 3.63) is 22.6 Å². The van der Waals surface area contributed by atoms with Crippen LogP contribution in [0.25, 0.3) is 11.2 Å². The molecule has 0 aromatic carbocycles. The summed E-state index contributed by atoms with van der Waals surface area (Å²) in [5.74, 6) is 0.967. The third-order valence-corrected chi connectivity index (χ3v) is 4.02. The van der Waals surface area contributed by atoms with Crippen molar-refractivity contribution in [1.29, 1.82) is 0 Å². The van der Waals surface area contributed by atoms with Crippen molar-refractivity contribution in [3.63, 3.8) is 0 Å². The Hall–Kier alpha value is -0.980. The quantitative estimate of drug-likeness (QED) is 0.934. The van der Waals surface area contributed by atoms with Gasteiger partial charge in [0.2, 0.25) is 0 Å². The summed E-state index contributed by atoms with van der Waals surface area (Å²) in [7, 11) is 0. The number of nitrogens with one attached hydrogen (secondary N) is 1. The van der Waals surface area contributed by atoms with Gasteiger partial charge in [-0.1, -0.05) is 6.92 Å². The molecule has 2 atom stereocenters. The fourth-order valence-corrected chi connectivity index (χ4v) is 3.04. The van der Waals surface area contributed by atoms with E-state index in [9.17, 15) is 0 Å². The summed E-state index contributed by atoms with van der Waals surface area (Å²) in [5, 5.41) is 0. The summed E-state index contributed by atoms with van der Waals surface area (Å²) in [6.45, 7) is 7.04. The SMILES string of the molecule is CC[C@H]1CN(Cc2nc3ncc(Br)cc3[nH]2)C[C@H](C)O1. The molecule has 1 N–H and O–H groups in total. The van der Waals surface area contributed by atoms with Crippen molar-refractivity contribution in [2.75, 3.05) is 13.1 Å². The largest absolute Gasteiger partial charge is 0.373 e. The molecular weight excluding hydrogens is 320 g/mol. The molecule has 20 heavy (non-hydrogen) atoms. The number of morpholine rings is 1. The highest BCUT2D eigenvalue weighted by atomic mass is 79.9. The van der Waals surface area contributed by atoms with Gasteiger partial charge >= 0.3 is 0 Å². The predicted octanol–water partition coefficient (Wildman–Crippen LogP) is 2.72. The van der Waals surface area contributed by atoms with E-state index in [4.69, 9.17) is 4.74 Å². The smallest absolute Gasteiger partial charge is 0.177 e. The Morgan fingerprint density at radius 1 is 1.50 bits per heavy atom. The Morgan fingerprint density at radius 3 is 3.15 bits per heavy atom. The normalized spacial score (nSPS) is 24.4. The van der Waals surface area contributed by atoms with Crippen molar-refractivity contribution in [3.8, 4) is 0 Å². The van der Waals surface area contributed by atoms with Crippen LogP contribution in [0, 0.1) is 0 Å². The highest BCUT2D eigenvalue weighted by Crippen LogP contribution is 2.18. The van der Waals surface area contributed by atoms with Crippen LogP contribution in [0.5, 0.6) is 0 Å². The third kappa shape index (κ3) is 3.02. The average Bonchev–Trinajstić information content (AvgIpc) is 2.79. The van der Waals surface area contributed by atoms with Crippen LogP contribution >= 0.6 is 15.9 Å². The van der Waals surface area contributed by atoms with Crippen molar-refractivity contribution >= 4 is 27.1 Å². The highest BCUT2D eigenvalue weighted by Gasteiger charge is 2.24. The number of pyridine rings is 1. The predicted molar refractivity (Wildman–Crippen MR) is 81.5 cm³/mol. The number of hydrogen-bond donors (Lipinski definition) is 1. The molecule has 1 aliphatic heterocycles. The first-order valence-electron chi connectivity index (χ1n) is 7.02. The van der Waals surface area contributed by atoms with Gasteiger partial charge < -0.3 is 9.72 Å². The molecule has 0 aliphatic carbocycles. The minimum Gasteiger partial charge on any atom is -0.373 e. The fraction of sp³-hybridized carbons (Fsp3) is 0.571. The standard InChI is InChI=1S/C14H19BrN4O/c1-3-11-7-19(6-9(2)20-11)8-13-17-12-4-10(15)5-16-14(12)18-13/h4-5,9,11H,3,6-8H2,1-2H3,(H,16,17,18)/t9-,11-/m0/s1. The molecule has 3 heterocycles. The molecule has 1 saturated heterocycles. The van der Waals surface area contributed by atoms with E-state index >= 15 is 0 Å². The van der Waals surface area contributed by atoms with Crippen molar-refractivity contribution in [2.45, 2.75) is 39.0 Å². The molecule has 5 nitrogen and oxygen atoms in total. The molecule has 0 amide bonds. The topological polar surface area (TPSA) is 54.0 Å². The fourth-order valence-electron chi connectivity index (χ4n) is 2.71. The van der Waals surface area contributed by atoms with Crippen LogP contribution in [0.1, 0.15) is 26.1 Å². The van der Waals surface area contributed by atoms with Gasteiger partial charge in [0.1, 0.15) is 5.82 Å². The van der Waals surface area contributed by atoms with E-state index in [2.05, 4.69) is 49.6 Å². The zero-order chi connectivity index (χ0) is 14.1. The number of aromatic amines is 1. The summed E-state index contributed by atoms with van der Waals surface area (Å²) >= 11 is 3.43. The molecule has 3 rings (SSSR count). The lowest BCUT2D eigenvalue weighted by Crippen LogP contribution is -2.45. The van der Waals surface area contributed by atoms with Crippen molar-refractivity contribution in [2.24, 2.45) is 0 Å². The number of rotatable bonds is 3. The van der Waals surface area contributed by atoms with Crippen molar-refractivity contribution < 1.29 is 4.74 Å². The second-order valence-electron chi connectivity index (χ2n) is 5.38. The molecule has 0 saturated carbocycles. The van der Waals surface area contributed by atoms with E-state index in [-0.39, 0.29) is 6.10 Å². The van der Waals surface area contributed by atoms with Gasteiger partial charge in [0.25, 0.3) is 0 Å². The highest BCUT2D eigenvalue weighted by molar-refractivity contribution is 9.10. The molecule has 108 valence electrons. The van der Waals surface area contributed by atoms with Gasteiger partial charge in [-0.05, 0) is 35.3 Å². The maximum absolute atomic E-state index is 5.89. The monoisotopic (exact) mass is 338 g/mol. The number of halogens is 1. The number of imidazole rings is 1. The maximum Gasteiger partial charge on any atom is 0.177 e. The number of fused-ring (bicyclic) bond motifs is 1. The van der Waals surface area contributed by atoms with E-state index in [1.807, 2.05) is 6.07 Å². The van der Waals surface area contributed by atoms with Crippen LogP contribution in [0.15, 0.2) is 16.7 Å². The number of ether oxygens (including phenoxy) is 1. The Balaban J connectivity index is 1.75. The van der Waals surface area contributed by atoms with Crippen LogP contribution < -0.4 is 0 Å². The number of H-pyrrole nitrogens is 1.